The highest BCUT2D eigenvalue weighted by molar-refractivity contribution is 7.92. The molecule has 0 bridgehead atoms. The summed E-state index contributed by atoms with van der Waals surface area (Å²) >= 11 is 11.6. The van der Waals surface area contributed by atoms with E-state index >= 15 is 0 Å². The Morgan fingerprint density at radius 3 is 2.55 bits per heavy atom. The second-order valence-electron chi connectivity index (χ2n) is 4.41. The molecule has 6 nitrogen and oxygen atoms in total. The van der Waals surface area contributed by atoms with Gasteiger partial charge in [-0.3, -0.25) is 9.71 Å². The Labute approximate surface area is 134 Å². The van der Waals surface area contributed by atoms with E-state index in [0.717, 1.165) is 0 Å². The van der Waals surface area contributed by atoms with Crippen LogP contribution in [0.3, 0.4) is 0 Å². The Morgan fingerprint density at radius 2 is 1.82 bits per heavy atom. The van der Waals surface area contributed by atoms with Gasteiger partial charge < -0.3 is 4.42 Å². The van der Waals surface area contributed by atoms with Gasteiger partial charge in [-0.05, 0) is 30.3 Å². The second-order valence-corrected chi connectivity index (χ2v) is 6.90. The summed E-state index contributed by atoms with van der Waals surface area (Å²) in [6.45, 7) is 0. The molecule has 0 unspecified atom stereocenters. The summed E-state index contributed by atoms with van der Waals surface area (Å²) in [7, 11) is -3.85. The molecule has 0 spiro atoms. The number of hydrogen-bond donors (Lipinski definition) is 2. The topological polar surface area (TPSA) is 92.2 Å². The molecular weight excluding hydrogens is 351 g/mol. The fourth-order valence-electron chi connectivity index (χ4n) is 1.87. The predicted octanol–water partition coefficient (Wildman–Crippen LogP) is 3.23. The molecule has 22 heavy (non-hydrogen) atoms. The minimum atomic E-state index is -3.85. The van der Waals surface area contributed by atoms with E-state index in [1.165, 1.54) is 36.4 Å². The number of oxazole rings is 1. The monoisotopic (exact) mass is 358 g/mol. The van der Waals surface area contributed by atoms with E-state index in [9.17, 15) is 13.2 Å². The lowest BCUT2D eigenvalue weighted by molar-refractivity contribution is 0.554. The molecule has 2 N–H and O–H groups in total. The minimum Gasteiger partial charge on any atom is -0.408 e. The van der Waals surface area contributed by atoms with Gasteiger partial charge in [0.05, 0.1) is 26.1 Å². The van der Waals surface area contributed by atoms with Crippen LogP contribution in [0.15, 0.2) is 50.5 Å². The number of halogens is 2. The first-order valence-corrected chi connectivity index (χ1v) is 8.20. The van der Waals surface area contributed by atoms with Gasteiger partial charge in [0, 0.05) is 6.07 Å². The van der Waals surface area contributed by atoms with Crippen molar-refractivity contribution in [3.63, 3.8) is 0 Å². The van der Waals surface area contributed by atoms with E-state index in [1.54, 1.807) is 0 Å². The van der Waals surface area contributed by atoms with Crippen LogP contribution in [0.4, 0.5) is 5.69 Å². The van der Waals surface area contributed by atoms with Gasteiger partial charge in [-0.1, -0.05) is 23.2 Å². The summed E-state index contributed by atoms with van der Waals surface area (Å²) in [6.07, 6.45) is 0. The molecule has 3 aromatic rings. The van der Waals surface area contributed by atoms with Gasteiger partial charge >= 0.3 is 5.76 Å². The van der Waals surface area contributed by atoms with Gasteiger partial charge in [-0.2, -0.15) is 0 Å². The Kier molecular flexibility index (Phi) is 3.64. The largest absolute Gasteiger partial charge is 0.417 e. The Hall–Kier alpha value is -1.96. The summed E-state index contributed by atoms with van der Waals surface area (Å²) in [5, 5.41) is 0.550. The zero-order chi connectivity index (χ0) is 15.9. The van der Waals surface area contributed by atoms with E-state index in [1.807, 2.05) is 0 Å². The number of fused-ring (bicyclic) bond motifs is 1. The van der Waals surface area contributed by atoms with Gasteiger partial charge in [0.2, 0.25) is 0 Å². The van der Waals surface area contributed by atoms with Gasteiger partial charge in [0.15, 0.2) is 5.58 Å². The minimum absolute atomic E-state index is 0.0474. The quantitative estimate of drug-likeness (QED) is 0.751. The van der Waals surface area contributed by atoms with Gasteiger partial charge in [-0.15, -0.1) is 0 Å². The number of aromatic nitrogens is 1. The van der Waals surface area contributed by atoms with Crippen LogP contribution < -0.4 is 10.5 Å². The summed E-state index contributed by atoms with van der Waals surface area (Å²) < 4.78 is 31.9. The highest BCUT2D eigenvalue weighted by atomic mass is 35.5. The van der Waals surface area contributed by atoms with E-state index in [0.29, 0.717) is 10.5 Å². The zero-order valence-corrected chi connectivity index (χ0v) is 13.1. The van der Waals surface area contributed by atoms with Crippen LogP contribution in [-0.2, 0) is 10.0 Å². The number of aromatic amines is 1. The molecule has 3 rings (SSSR count). The maximum absolute atomic E-state index is 12.3. The number of H-pyrrole nitrogens is 1. The normalized spacial score (nSPS) is 11.7. The molecule has 0 amide bonds. The fraction of sp³-hybridized carbons (Fsp3) is 0. The molecular formula is C13H8Cl2N2O4S. The van der Waals surface area contributed by atoms with E-state index < -0.39 is 15.8 Å². The highest BCUT2D eigenvalue weighted by Gasteiger charge is 2.16. The van der Waals surface area contributed by atoms with Gasteiger partial charge in [0.25, 0.3) is 10.0 Å². The second kappa shape index (κ2) is 5.35. The van der Waals surface area contributed by atoms with Crippen molar-refractivity contribution in [2.24, 2.45) is 0 Å². The van der Waals surface area contributed by atoms with Crippen molar-refractivity contribution in [3.8, 4) is 0 Å². The predicted molar refractivity (Wildman–Crippen MR) is 84.1 cm³/mol. The summed E-state index contributed by atoms with van der Waals surface area (Å²) in [4.78, 5) is 13.5. The van der Waals surface area contributed by atoms with Crippen LogP contribution in [0.1, 0.15) is 0 Å². The third-order valence-corrected chi connectivity index (χ3v) is 4.99. The van der Waals surface area contributed by atoms with Gasteiger partial charge in [0.1, 0.15) is 0 Å². The number of hydrogen-bond acceptors (Lipinski definition) is 4. The molecule has 114 valence electrons. The molecule has 0 saturated carbocycles. The molecule has 0 aliphatic rings. The van der Waals surface area contributed by atoms with Crippen LogP contribution >= 0.6 is 23.2 Å². The summed E-state index contributed by atoms with van der Waals surface area (Å²) in [5.74, 6) is -0.651. The standard InChI is InChI=1S/C13H8Cl2N2O4S/c14-9-3-1-7(5-10(9)15)17-22(19,20)8-2-4-11-12(6-8)21-13(18)16-11/h1-6,17H,(H,16,18). The maximum Gasteiger partial charge on any atom is 0.417 e. The number of nitrogens with one attached hydrogen (secondary N) is 2. The van der Waals surface area contributed by atoms with E-state index in [4.69, 9.17) is 27.6 Å². The fourth-order valence-corrected chi connectivity index (χ4v) is 3.23. The maximum atomic E-state index is 12.3. The summed E-state index contributed by atoms with van der Waals surface area (Å²) in [5.41, 5.74) is 0.838. The SMILES string of the molecule is O=c1[nH]c2ccc(S(=O)(=O)Nc3ccc(Cl)c(Cl)c3)cc2o1. The number of anilines is 1. The van der Waals surface area contributed by atoms with E-state index in [2.05, 4.69) is 9.71 Å². The zero-order valence-electron chi connectivity index (χ0n) is 10.8. The number of benzene rings is 2. The Balaban J connectivity index is 1.99. The Bertz CT molecular complexity index is 1020. The molecule has 0 aliphatic heterocycles. The average Bonchev–Trinajstić information content (AvgIpc) is 2.81. The van der Waals surface area contributed by atoms with Crippen molar-refractivity contribution in [3.05, 3.63) is 57.0 Å². The molecule has 0 saturated heterocycles. The first-order chi connectivity index (χ1) is 10.3. The van der Waals surface area contributed by atoms with Crippen LogP contribution in [0.5, 0.6) is 0 Å². The van der Waals surface area contributed by atoms with Crippen molar-refractivity contribution >= 4 is 50.0 Å². The molecule has 1 aromatic heterocycles. The van der Waals surface area contributed by atoms with Crippen molar-refractivity contribution in [2.45, 2.75) is 4.90 Å². The van der Waals surface area contributed by atoms with Crippen molar-refractivity contribution in [1.82, 2.24) is 4.98 Å². The number of rotatable bonds is 3. The molecule has 9 heteroatoms. The molecule has 0 fully saturated rings. The lowest BCUT2D eigenvalue weighted by Gasteiger charge is -2.08. The third-order valence-electron chi connectivity index (χ3n) is 2.87. The molecule has 1 heterocycles. The summed E-state index contributed by atoms with van der Waals surface area (Å²) in [6, 6.07) is 8.43. The molecule has 0 radical (unpaired) electrons. The van der Waals surface area contributed by atoms with Crippen LogP contribution in [0.25, 0.3) is 11.1 Å². The molecule has 2 aromatic carbocycles. The van der Waals surface area contributed by atoms with Crippen molar-refractivity contribution in [2.75, 3.05) is 4.72 Å². The molecule has 0 aliphatic carbocycles. The first kappa shape index (κ1) is 15.0. The lowest BCUT2D eigenvalue weighted by Crippen LogP contribution is -2.12. The van der Waals surface area contributed by atoms with Crippen molar-refractivity contribution in [1.29, 1.82) is 0 Å². The highest BCUT2D eigenvalue weighted by Crippen LogP contribution is 2.27. The van der Waals surface area contributed by atoms with Crippen LogP contribution in [0, 0.1) is 0 Å². The van der Waals surface area contributed by atoms with Crippen LogP contribution in [0.2, 0.25) is 10.0 Å². The van der Waals surface area contributed by atoms with Crippen molar-refractivity contribution < 1.29 is 12.8 Å². The number of sulfonamides is 1. The van der Waals surface area contributed by atoms with Gasteiger partial charge in [-0.25, -0.2) is 13.2 Å². The van der Waals surface area contributed by atoms with E-state index in [-0.39, 0.29) is 21.2 Å². The third kappa shape index (κ3) is 2.83. The lowest BCUT2D eigenvalue weighted by atomic mass is 10.3. The average molecular weight is 359 g/mol. The van der Waals surface area contributed by atoms with Crippen LogP contribution in [-0.4, -0.2) is 13.4 Å². The smallest absolute Gasteiger partial charge is 0.408 e. The first-order valence-electron chi connectivity index (χ1n) is 5.96. The Morgan fingerprint density at radius 1 is 1.05 bits per heavy atom. The molecule has 0 atom stereocenters.